The van der Waals surface area contributed by atoms with Crippen LogP contribution in [0.5, 0.6) is 0 Å². The van der Waals surface area contributed by atoms with Gasteiger partial charge in [0, 0.05) is 19.3 Å². The zero-order valence-corrected chi connectivity index (χ0v) is 55.7. The molecule has 0 amide bonds. The smallest absolute Gasteiger partial charge is 0.306 e. The third kappa shape index (κ3) is 69.8. The van der Waals surface area contributed by atoms with Gasteiger partial charge in [-0.1, -0.05) is 351 Å². The number of ether oxygens (including phenoxy) is 3. The minimum absolute atomic E-state index is 0.0693. The van der Waals surface area contributed by atoms with E-state index in [2.05, 4.69) is 81.5 Å². The van der Waals surface area contributed by atoms with Crippen molar-refractivity contribution < 1.29 is 28.6 Å². The van der Waals surface area contributed by atoms with E-state index in [0.717, 1.165) is 83.5 Å². The van der Waals surface area contributed by atoms with Crippen molar-refractivity contribution >= 4 is 17.9 Å². The maximum Gasteiger partial charge on any atom is 0.306 e. The van der Waals surface area contributed by atoms with Gasteiger partial charge in [0.1, 0.15) is 13.2 Å². The summed E-state index contributed by atoms with van der Waals surface area (Å²) in [4.78, 5) is 38.5. The Kier molecular flexibility index (Phi) is 69.1. The number of unbranched alkanes of at least 4 members (excludes halogenated alkanes) is 47. The molecule has 1 atom stereocenters. The summed E-state index contributed by atoms with van der Waals surface area (Å²) in [6.45, 7) is 6.60. The molecule has 0 aromatic heterocycles. The molecule has 0 radical (unpaired) electrons. The highest BCUT2D eigenvalue weighted by atomic mass is 16.6. The van der Waals surface area contributed by atoms with E-state index in [0.29, 0.717) is 19.3 Å². The van der Waals surface area contributed by atoms with E-state index in [1.54, 1.807) is 0 Å². The Hall–Kier alpha value is -2.89. The van der Waals surface area contributed by atoms with Crippen molar-refractivity contribution in [3.05, 3.63) is 60.8 Å². The third-order valence-corrected chi connectivity index (χ3v) is 16.5. The first kappa shape index (κ1) is 80.1. The van der Waals surface area contributed by atoms with Crippen LogP contribution in [-0.2, 0) is 28.6 Å². The second-order valence-electron chi connectivity index (χ2n) is 24.8. The Morgan fingerprint density at radius 3 is 0.747 bits per heavy atom. The molecule has 0 saturated carbocycles. The summed E-state index contributed by atoms with van der Waals surface area (Å²) in [6.07, 6.45) is 92.5. The number of esters is 3. The maximum atomic E-state index is 13.0. The molecule has 83 heavy (non-hydrogen) atoms. The van der Waals surface area contributed by atoms with Crippen molar-refractivity contribution in [2.24, 2.45) is 0 Å². The molecule has 0 aliphatic heterocycles. The number of carbonyl (C=O) groups is 3. The van der Waals surface area contributed by atoms with Gasteiger partial charge in [-0.05, 0) is 83.5 Å². The van der Waals surface area contributed by atoms with Gasteiger partial charge in [-0.3, -0.25) is 14.4 Å². The summed E-state index contributed by atoms with van der Waals surface area (Å²) in [5.41, 5.74) is 0. The minimum Gasteiger partial charge on any atom is -0.462 e. The zero-order chi connectivity index (χ0) is 59.9. The van der Waals surface area contributed by atoms with Crippen LogP contribution in [-0.4, -0.2) is 37.2 Å². The van der Waals surface area contributed by atoms with Crippen molar-refractivity contribution in [2.75, 3.05) is 13.2 Å². The fourth-order valence-corrected chi connectivity index (χ4v) is 11.0. The summed E-state index contributed by atoms with van der Waals surface area (Å²) in [6, 6.07) is 0. The van der Waals surface area contributed by atoms with Crippen molar-refractivity contribution in [1.29, 1.82) is 0 Å². The SMILES string of the molecule is CC/C=C\C/C=C\C/C=C\C/C=C\CCCCCCCCCCCCCCCCC(=O)OCC(COC(=O)CCCCCCCCCCCCCCCCCCC)OC(=O)CCCCCCCCCCC/C=C\CCCCCCCCCC. The molecule has 0 fully saturated rings. The van der Waals surface area contributed by atoms with E-state index in [4.69, 9.17) is 14.2 Å². The standard InChI is InChI=1S/C77H140O6/c1-4-7-10-13-16-19-22-25-28-31-33-35-36-37-38-39-40-42-43-46-49-52-55-58-61-64-67-70-76(79)82-73-74(72-81-75(78)69-66-63-60-57-54-51-48-45-30-27-24-21-18-15-12-9-6-3)83-77(80)71-68-65-62-59-56-53-50-47-44-41-34-32-29-26-23-20-17-14-11-8-5-2/h7,10,16,19,25,28,32-35,74H,4-6,8-9,11-15,17-18,20-24,26-27,29-31,36-73H2,1-3H3/b10-7-,19-16-,28-25-,34-32-,35-33-. The number of allylic oxidation sites excluding steroid dienone is 10. The van der Waals surface area contributed by atoms with Crippen LogP contribution in [0.15, 0.2) is 60.8 Å². The minimum atomic E-state index is -0.775. The first-order valence-electron chi connectivity index (χ1n) is 36.8. The summed E-state index contributed by atoms with van der Waals surface area (Å²) < 4.78 is 17.0. The molecule has 6 heteroatoms. The maximum absolute atomic E-state index is 13.0. The third-order valence-electron chi connectivity index (χ3n) is 16.5. The molecule has 0 N–H and O–H groups in total. The lowest BCUT2D eigenvalue weighted by Crippen LogP contribution is -2.30. The summed E-state index contributed by atoms with van der Waals surface area (Å²) in [5.74, 6) is -0.843. The largest absolute Gasteiger partial charge is 0.462 e. The van der Waals surface area contributed by atoms with Crippen molar-refractivity contribution in [1.82, 2.24) is 0 Å². The van der Waals surface area contributed by atoms with Crippen LogP contribution >= 0.6 is 0 Å². The lowest BCUT2D eigenvalue weighted by molar-refractivity contribution is -0.167. The van der Waals surface area contributed by atoms with Gasteiger partial charge in [-0.15, -0.1) is 0 Å². The molecule has 484 valence electrons. The first-order chi connectivity index (χ1) is 41.0. The molecular weight excluding hydrogens is 1020 g/mol. The monoisotopic (exact) mass is 1160 g/mol. The molecule has 0 heterocycles. The average molecular weight is 1160 g/mol. The Morgan fingerprint density at radius 1 is 0.253 bits per heavy atom. The van der Waals surface area contributed by atoms with Gasteiger partial charge in [0.15, 0.2) is 6.10 Å². The van der Waals surface area contributed by atoms with Gasteiger partial charge < -0.3 is 14.2 Å². The molecule has 0 rings (SSSR count). The molecule has 0 spiro atoms. The van der Waals surface area contributed by atoms with Crippen LogP contribution in [0.2, 0.25) is 0 Å². The van der Waals surface area contributed by atoms with E-state index in [1.807, 2.05) is 0 Å². The second-order valence-corrected chi connectivity index (χ2v) is 24.8. The first-order valence-corrected chi connectivity index (χ1v) is 36.8. The molecule has 6 nitrogen and oxygen atoms in total. The van der Waals surface area contributed by atoms with Gasteiger partial charge >= 0.3 is 17.9 Å². The van der Waals surface area contributed by atoms with Crippen LogP contribution < -0.4 is 0 Å². The Bertz CT molecular complexity index is 1470. The Balaban J connectivity index is 4.29. The molecule has 0 aliphatic rings. The summed E-state index contributed by atoms with van der Waals surface area (Å²) in [7, 11) is 0. The predicted molar refractivity (Wildman–Crippen MR) is 362 cm³/mol. The second kappa shape index (κ2) is 71.6. The molecule has 0 aliphatic carbocycles. The molecule has 0 bridgehead atoms. The van der Waals surface area contributed by atoms with Gasteiger partial charge in [0.25, 0.3) is 0 Å². The lowest BCUT2D eigenvalue weighted by atomic mass is 10.0. The normalized spacial score (nSPS) is 12.4. The molecule has 0 saturated heterocycles. The van der Waals surface area contributed by atoms with Crippen LogP contribution in [0.25, 0.3) is 0 Å². The molecular formula is C77H140O6. The van der Waals surface area contributed by atoms with E-state index in [-0.39, 0.29) is 31.1 Å². The number of carbonyl (C=O) groups excluding carboxylic acids is 3. The average Bonchev–Trinajstić information content (AvgIpc) is 3.49. The van der Waals surface area contributed by atoms with Crippen LogP contribution in [0, 0.1) is 0 Å². The van der Waals surface area contributed by atoms with Crippen LogP contribution in [0.3, 0.4) is 0 Å². The van der Waals surface area contributed by atoms with Gasteiger partial charge in [-0.25, -0.2) is 0 Å². The topological polar surface area (TPSA) is 78.9 Å². The number of hydrogen-bond acceptors (Lipinski definition) is 6. The van der Waals surface area contributed by atoms with Crippen molar-refractivity contribution in [3.63, 3.8) is 0 Å². The summed E-state index contributed by atoms with van der Waals surface area (Å²) >= 11 is 0. The number of hydrogen-bond donors (Lipinski definition) is 0. The van der Waals surface area contributed by atoms with Gasteiger partial charge in [0.05, 0.1) is 0 Å². The molecule has 0 aromatic rings. The van der Waals surface area contributed by atoms with Gasteiger partial charge in [0.2, 0.25) is 0 Å². The molecule has 0 aromatic carbocycles. The van der Waals surface area contributed by atoms with E-state index in [9.17, 15) is 14.4 Å². The highest BCUT2D eigenvalue weighted by molar-refractivity contribution is 5.71. The van der Waals surface area contributed by atoms with Crippen LogP contribution in [0.1, 0.15) is 393 Å². The Labute approximate surface area is 517 Å². The van der Waals surface area contributed by atoms with E-state index >= 15 is 0 Å². The lowest BCUT2D eigenvalue weighted by Gasteiger charge is -2.18. The zero-order valence-electron chi connectivity index (χ0n) is 55.7. The van der Waals surface area contributed by atoms with E-state index < -0.39 is 6.10 Å². The molecule has 1 unspecified atom stereocenters. The van der Waals surface area contributed by atoms with Gasteiger partial charge in [-0.2, -0.15) is 0 Å². The highest BCUT2D eigenvalue weighted by Gasteiger charge is 2.19. The Morgan fingerprint density at radius 2 is 0.470 bits per heavy atom. The van der Waals surface area contributed by atoms with Crippen LogP contribution in [0.4, 0.5) is 0 Å². The quantitative estimate of drug-likeness (QED) is 0.0261. The fourth-order valence-electron chi connectivity index (χ4n) is 11.0. The van der Waals surface area contributed by atoms with Crippen molar-refractivity contribution in [2.45, 2.75) is 399 Å². The predicted octanol–water partition coefficient (Wildman–Crippen LogP) is 25.5. The summed E-state index contributed by atoms with van der Waals surface area (Å²) in [5, 5.41) is 0. The fraction of sp³-hybridized carbons (Fsp3) is 0.831. The van der Waals surface area contributed by atoms with Crippen molar-refractivity contribution in [3.8, 4) is 0 Å². The number of rotatable bonds is 68. The van der Waals surface area contributed by atoms with E-state index in [1.165, 1.54) is 270 Å². The highest BCUT2D eigenvalue weighted by Crippen LogP contribution is 2.18.